The van der Waals surface area contributed by atoms with Crippen molar-refractivity contribution in [2.24, 2.45) is 0 Å². The van der Waals surface area contributed by atoms with Gasteiger partial charge in [0.1, 0.15) is 17.3 Å². The molecule has 0 saturated carbocycles. The van der Waals surface area contributed by atoms with E-state index in [1.165, 1.54) is 0 Å². The number of aryl methyl sites for hydroxylation is 1. The maximum atomic E-state index is 12.4. The zero-order chi connectivity index (χ0) is 23.6. The predicted molar refractivity (Wildman–Crippen MR) is 127 cm³/mol. The van der Waals surface area contributed by atoms with Gasteiger partial charge in [0.05, 0.1) is 20.6 Å². The van der Waals surface area contributed by atoms with E-state index in [1.807, 2.05) is 24.3 Å². The minimum Gasteiger partial charge on any atom is -0.497 e. The summed E-state index contributed by atoms with van der Waals surface area (Å²) in [7, 11) is 3.20. The van der Waals surface area contributed by atoms with Crippen molar-refractivity contribution in [3.8, 4) is 11.5 Å². The van der Waals surface area contributed by atoms with Crippen LogP contribution < -0.4 is 14.8 Å². The topological polar surface area (TPSA) is 81.7 Å². The van der Waals surface area contributed by atoms with E-state index >= 15 is 0 Å². The van der Waals surface area contributed by atoms with Crippen LogP contribution in [0.5, 0.6) is 11.5 Å². The molecule has 0 heterocycles. The van der Waals surface area contributed by atoms with E-state index < -0.39 is 0 Å². The Morgan fingerprint density at radius 1 is 0.727 bits per heavy atom. The first-order valence-corrected chi connectivity index (χ1v) is 10.7. The molecule has 0 aromatic heterocycles. The number of hydrogen-bond donors (Lipinski definition) is 1. The average molecular weight is 446 g/mol. The molecule has 0 radical (unpaired) electrons. The van der Waals surface area contributed by atoms with Crippen LogP contribution in [0.4, 0.5) is 5.69 Å². The van der Waals surface area contributed by atoms with Crippen LogP contribution in [0.3, 0.4) is 0 Å². The Morgan fingerprint density at radius 3 is 1.85 bits per heavy atom. The van der Waals surface area contributed by atoms with E-state index in [9.17, 15) is 14.4 Å². The van der Waals surface area contributed by atoms with Gasteiger partial charge in [0, 0.05) is 23.2 Å². The second kappa shape index (κ2) is 11.6. The first kappa shape index (κ1) is 23.7. The quantitative estimate of drug-likeness (QED) is 0.327. The molecule has 1 N–H and O–H groups in total. The van der Waals surface area contributed by atoms with Crippen molar-refractivity contribution < 1.29 is 23.9 Å². The molecule has 0 unspecified atom stereocenters. The molecule has 170 valence electrons. The fourth-order valence-corrected chi connectivity index (χ4v) is 3.34. The van der Waals surface area contributed by atoms with Crippen LogP contribution in [-0.4, -0.2) is 31.7 Å². The lowest BCUT2D eigenvalue weighted by Crippen LogP contribution is -2.13. The van der Waals surface area contributed by atoms with Crippen LogP contribution in [0.15, 0.2) is 72.8 Å². The van der Waals surface area contributed by atoms with Crippen molar-refractivity contribution >= 4 is 23.2 Å². The molecule has 0 fully saturated rings. The smallest absolute Gasteiger partial charge is 0.255 e. The minimum absolute atomic E-state index is 0.0881. The number of methoxy groups -OCH3 is 2. The average Bonchev–Trinajstić information content (AvgIpc) is 2.85. The van der Waals surface area contributed by atoms with Gasteiger partial charge in [-0.15, -0.1) is 0 Å². The number of carbonyl (C=O) groups is 3. The van der Waals surface area contributed by atoms with Crippen molar-refractivity contribution in [3.63, 3.8) is 0 Å². The number of Topliss-reactive ketones (excluding diaryl/α,β-unsaturated/α-hetero) is 2. The lowest BCUT2D eigenvalue weighted by atomic mass is 10.0. The Hall–Kier alpha value is -3.93. The van der Waals surface area contributed by atoms with Crippen LogP contribution >= 0.6 is 0 Å². The number of ether oxygens (including phenoxy) is 2. The number of hydrogen-bond acceptors (Lipinski definition) is 5. The summed E-state index contributed by atoms with van der Waals surface area (Å²) < 4.78 is 10.2. The summed E-state index contributed by atoms with van der Waals surface area (Å²) in [5, 5.41) is 2.79. The summed E-state index contributed by atoms with van der Waals surface area (Å²) >= 11 is 0. The van der Waals surface area contributed by atoms with Crippen molar-refractivity contribution in [1.29, 1.82) is 0 Å². The van der Waals surface area contributed by atoms with Crippen LogP contribution in [0, 0.1) is 0 Å². The first-order valence-electron chi connectivity index (χ1n) is 10.7. The summed E-state index contributed by atoms with van der Waals surface area (Å²) in [6.07, 6.45) is 1.66. The summed E-state index contributed by atoms with van der Waals surface area (Å²) in [6.45, 7) is 0. The highest BCUT2D eigenvalue weighted by atomic mass is 16.5. The molecule has 33 heavy (non-hydrogen) atoms. The molecule has 0 spiro atoms. The number of amides is 1. The zero-order valence-electron chi connectivity index (χ0n) is 18.8. The third-order valence-corrected chi connectivity index (χ3v) is 5.25. The molecule has 3 rings (SSSR count). The van der Waals surface area contributed by atoms with Gasteiger partial charge in [-0.3, -0.25) is 14.4 Å². The van der Waals surface area contributed by atoms with Crippen LogP contribution in [-0.2, 0) is 11.2 Å². The molecule has 6 nitrogen and oxygen atoms in total. The highest BCUT2D eigenvalue weighted by Crippen LogP contribution is 2.17. The van der Waals surface area contributed by atoms with Crippen molar-refractivity contribution in [3.05, 3.63) is 89.5 Å². The normalized spacial score (nSPS) is 10.4. The molecule has 1 amide bonds. The summed E-state index contributed by atoms with van der Waals surface area (Å²) in [4.78, 5) is 37.1. The number of ketones is 2. The first-order chi connectivity index (χ1) is 16.0. The summed E-state index contributed by atoms with van der Waals surface area (Å²) in [6, 6.07) is 21.1. The molecule has 0 atom stereocenters. The number of rotatable bonds is 11. The SMILES string of the molecule is COc1ccc(CCCC(=O)CC(=O)c2ccc(C(=O)Nc3ccc(OC)cc3)cc2)cc1. The van der Waals surface area contributed by atoms with Gasteiger partial charge in [0.2, 0.25) is 0 Å². The van der Waals surface area contributed by atoms with E-state index in [1.54, 1.807) is 62.8 Å². The van der Waals surface area contributed by atoms with Gasteiger partial charge >= 0.3 is 0 Å². The molecular formula is C27H27NO5. The molecule has 0 aliphatic rings. The zero-order valence-corrected chi connectivity index (χ0v) is 18.8. The minimum atomic E-state index is -0.284. The summed E-state index contributed by atoms with van der Waals surface area (Å²) in [5.41, 5.74) is 2.60. The second-order valence-electron chi connectivity index (χ2n) is 7.60. The standard InChI is InChI=1S/C27H27NO5/c1-32-24-14-6-19(7-15-24)4-3-5-23(29)18-26(30)20-8-10-21(11-9-20)27(31)28-22-12-16-25(33-2)17-13-22/h6-17H,3-5,18H2,1-2H3,(H,28,31). The number of carbonyl (C=O) groups excluding carboxylic acids is 3. The van der Waals surface area contributed by atoms with E-state index in [4.69, 9.17) is 9.47 Å². The highest BCUT2D eigenvalue weighted by molar-refractivity contribution is 6.09. The largest absolute Gasteiger partial charge is 0.497 e. The molecule has 6 heteroatoms. The van der Waals surface area contributed by atoms with Gasteiger partial charge < -0.3 is 14.8 Å². The fourth-order valence-electron chi connectivity index (χ4n) is 3.34. The molecule has 0 aliphatic carbocycles. The molecule has 0 saturated heterocycles. The van der Waals surface area contributed by atoms with Gasteiger partial charge in [-0.05, 0) is 66.9 Å². The molecule has 3 aromatic rings. The van der Waals surface area contributed by atoms with Gasteiger partial charge in [-0.2, -0.15) is 0 Å². The van der Waals surface area contributed by atoms with Crippen LogP contribution in [0.1, 0.15) is 45.5 Å². The van der Waals surface area contributed by atoms with Crippen LogP contribution in [0.2, 0.25) is 0 Å². The Bertz CT molecular complexity index is 1090. The van der Waals surface area contributed by atoms with E-state index in [0.29, 0.717) is 35.4 Å². The second-order valence-corrected chi connectivity index (χ2v) is 7.60. The maximum absolute atomic E-state index is 12.4. The number of benzene rings is 3. The lowest BCUT2D eigenvalue weighted by Gasteiger charge is -2.07. The molecule has 0 bridgehead atoms. The van der Waals surface area contributed by atoms with Gasteiger partial charge in [-0.25, -0.2) is 0 Å². The third kappa shape index (κ3) is 7.04. The van der Waals surface area contributed by atoms with E-state index in [-0.39, 0.29) is 23.9 Å². The Balaban J connectivity index is 1.46. The predicted octanol–water partition coefficient (Wildman–Crippen LogP) is 5.12. The van der Waals surface area contributed by atoms with Crippen molar-refractivity contribution in [1.82, 2.24) is 0 Å². The van der Waals surface area contributed by atoms with E-state index in [2.05, 4.69) is 5.32 Å². The fraction of sp³-hybridized carbons (Fsp3) is 0.222. The Morgan fingerprint density at radius 2 is 1.27 bits per heavy atom. The summed E-state index contributed by atoms with van der Waals surface area (Å²) in [5.74, 6) is 0.881. The Labute approximate surface area is 193 Å². The molecule has 3 aromatic carbocycles. The molecular weight excluding hydrogens is 418 g/mol. The van der Waals surface area contributed by atoms with Gasteiger partial charge in [0.15, 0.2) is 5.78 Å². The van der Waals surface area contributed by atoms with Crippen LogP contribution in [0.25, 0.3) is 0 Å². The van der Waals surface area contributed by atoms with Crippen molar-refractivity contribution in [2.45, 2.75) is 25.7 Å². The lowest BCUT2D eigenvalue weighted by molar-refractivity contribution is -0.118. The number of anilines is 1. The van der Waals surface area contributed by atoms with E-state index in [0.717, 1.165) is 17.7 Å². The maximum Gasteiger partial charge on any atom is 0.255 e. The highest BCUT2D eigenvalue weighted by Gasteiger charge is 2.13. The third-order valence-electron chi connectivity index (χ3n) is 5.25. The van der Waals surface area contributed by atoms with Crippen molar-refractivity contribution in [2.75, 3.05) is 19.5 Å². The monoisotopic (exact) mass is 445 g/mol. The Kier molecular flexibility index (Phi) is 8.36. The van der Waals surface area contributed by atoms with Gasteiger partial charge in [-0.1, -0.05) is 24.3 Å². The molecule has 0 aliphatic heterocycles. The van der Waals surface area contributed by atoms with Gasteiger partial charge in [0.25, 0.3) is 5.91 Å². The number of nitrogens with one attached hydrogen (secondary N) is 1.